The summed E-state index contributed by atoms with van der Waals surface area (Å²) in [6, 6.07) is 7.70. The zero-order valence-electron chi connectivity index (χ0n) is 8.32. The van der Waals surface area contributed by atoms with Crippen LogP contribution in [0.1, 0.15) is 5.56 Å². The number of nitrogens with one attached hydrogen (secondary N) is 1. The average Bonchev–Trinajstić information content (AvgIpc) is 2.26. The van der Waals surface area contributed by atoms with Gasteiger partial charge >= 0.3 is 11.8 Å². The van der Waals surface area contributed by atoms with Gasteiger partial charge in [-0.1, -0.05) is 12.1 Å². The lowest BCUT2D eigenvalue weighted by Crippen LogP contribution is -2.35. The summed E-state index contributed by atoms with van der Waals surface area (Å²) in [6.45, 7) is 0.316. The second-order valence-corrected chi connectivity index (χ2v) is 3.77. The monoisotopic (exact) mass is 224 g/mol. The molecule has 0 radical (unpaired) electrons. The molecule has 0 spiro atoms. The van der Waals surface area contributed by atoms with Gasteiger partial charge in [-0.25, -0.2) is 0 Å². The summed E-state index contributed by atoms with van der Waals surface area (Å²) >= 11 is 1.65. The van der Waals surface area contributed by atoms with E-state index in [0.29, 0.717) is 6.54 Å². The van der Waals surface area contributed by atoms with Crippen LogP contribution in [0.3, 0.4) is 0 Å². The van der Waals surface area contributed by atoms with E-state index >= 15 is 0 Å². The number of amides is 2. The van der Waals surface area contributed by atoms with E-state index in [-0.39, 0.29) is 0 Å². The first-order valence-electron chi connectivity index (χ1n) is 4.34. The first kappa shape index (κ1) is 11.6. The second kappa shape index (κ2) is 5.41. The minimum atomic E-state index is -0.962. The molecule has 2 amide bonds. The van der Waals surface area contributed by atoms with E-state index in [4.69, 9.17) is 5.73 Å². The molecule has 1 aromatic carbocycles. The average molecular weight is 224 g/mol. The summed E-state index contributed by atoms with van der Waals surface area (Å²) in [5, 5.41) is 2.42. The van der Waals surface area contributed by atoms with E-state index in [1.54, 1.807) is 11.8 Å². The first-order valence-corrected chi connectivity index (χ1v) is 5.56. The predicted molar refractivity (Wildman–Crippen MR) is 59.3 cm³/mol. The SMILES string of the molecule is CSc1ccc(CNC(=O)C(N)=O)cc1. The van der Waals surface area contributed by atoms with Crippen LogP contribution in [0, 0.1) is 0 Å². The Kier molecular flexibility index (Phi) is 4.17. The summed E-state index contributed by atoms with van der Waals surface area (Å²) in [5.41, 5.74) is 5.72. The van der Waals surface area contributed by atoms with E-state index < -0.39 is 11.8 Å². The highest BCUT2D eigenvalue weighted by Gasteiger charge is 2.06. The van der Waals surface area contributed by atoms with Crippen molar-refractivity contribution in [1.29, 1.82) is 0 Å². The Balaban J connectivity index is 2.51. The van der Waals surface area contributed by atoms with Gasteiger partial charge in [-0.2, -0.15) is 0 Å². The molecule has 0 saturated heterocycles. The Morgan fingerprint density at radius 2 is 1.93 bits per heavy atom. The number of rotatable bonds is 3. The van der Waals surface area contributed by atoms with Gasteiger partial charge in [0, 0.05) is 11.4 Å². The molecular weight excluding hydrogens is 212 g/mol. The minimum Gasteiger partial charge on any atom is -0.361 e. The fourth-order valence-electron chi connectivity index (χ4n) is 1.01. The molecule has 0 aliphatic carbocycles. The molecule has 0 bridgehead atoms. The van der Waals surface area contributed by atoms with Gasteiger partial charge in [0.25, 0.3) is 0 Å². The number of carbonyl (C=O) groups is 2. The largest absolute Gasteiger partial charge is 0.361 e. The van der Waals surface area contributed by atoms with Crippen LogP contribution in [-0.2, 0) is 16.1 Å². The molecule has 1 aromatic rings. The Bertz CT molecular complexity index is 362. The van der Waals surface area contributed by atoms with E-state index in [1.807, 2.05) is 30.5 Å². The van der Waals surface area contributed by atoms with Crippen molar-refractivity contribution in [3.8, 4) is 0 Å². The summed E-state index contributed by atoms with van der Waals surface area (Å²) < 4.78 is 0. The van der Waals surface area contributed by atoms with Gasteiger partial charge in [0.2, 0.25) is 0 Å². The molecule has 0 heterocycles. The molecule has 0 aliphatic rings. The van der Waals surface area contributed by atoms with Crippen LogP contribution >= 0.6 is 11.8 Å². The minimum absolute atomic E-state index is 0.316. The van der Waals surface area contributed by atoms with Crippen molar-refractivity contribution in [2.24, 2.45) is 5.73 Å². The number of hydrogen-bond donors (Lipinski definition) is 2. The third-order valence-electron chi connectivity index (χ3n) is 1.84. The molecular formula is C10H12N2O2S. The summed E-state index contributed by atoms with van der Waals surface area (Å²) in [7, 11) is 0. The van der Waals surface area contributed by atoms with E-state index in [1.165, 1.54) is 0 Å². The lowest BCUT2D eigenvalue weighted by Gasteiger charge is -2.03. The predicted octanol–water partition coefficient (Wildman–Crippen LogP) is 0.510. The molecule has 3 N–H and O–H groups in total. The van der Waals surface area contributed by atoms with Crippen molar-refractivity contribution in [2.75, 3.05) is 6.26 Å². The van der Waals surface area contributed by atoms with Crippen molar-refractivity contribution >= 4 is 23.6 Å². The normalized spacial score (nSPS) is 9.67. The second-order valence-electron chi connectivity index (χ2n) is 2.90. The molecule has 0 atom stereocenters. The van der Waals surface area contributed by atoms with Crippen LogP contribution in [-0.4, -0.2) is 18.1 Å². The maximum Gasteiger partial charge on any atom is 0.309 e. The maximum absolute atomic E-state index is 10.8. The molecule has 0 unspecified atom stereocenters. The maximum atomic E-state index is 10.8. The molecule has 0 aliphatic heterocycles. The Morgan fingerprint density at radius 1 is 1.33 bits per heavy atom. The van der Waals surface area contributed by atoms with Crippen LogP contribution in [0.2, 0.25) is 0 Å². The van der Waals surface area contributed by atoms with Crippen molar-refractivity contribution in [1.82, 2.24) is 5.32 Å². The molecule has 4 nitrogen and oxygen atoms in total. The Labute approximate surface area is 92.2 Å². The summed E-state index contributed by atoms with van der Waals surface area (Å²) in [4.78, 5) is 22.4. The van der Waals surface area contributed by atoms with Crippen LogP contribution in [0.4, 0.5) is 0 Å². The highest BCUT2D eigenvalue weighted by Crippen LogP contribution is 2.14. The van der Waals surface area contributed by atoms with Crippen LogP contribution in [0.25, 0.3) is 0 Å². The van der Waals surface area contributed by atoms with Gasteiger partial charge in [-0.3, -0.25) is 9.59 Å². The molecule has 80 valence electrons. The van der Waals surface area contributed by atoms with Crippen LogP contribution < -0.4 is 11.1 Å². The van der Waals surface area contributed by atoms with Gasteiger partial charge in [-0.15, -0.1) is 11.8 Å². The smallest absolute Gasteiger partial charge is 0.309 e. The van der Waals surface area contributed by atoms with Crippen LogP contribution in [0.15, 0.2) is 29.2 Å². The number of carbonyl (C=O) groups excluding carboxylic acids is 2. The van der Waals surface area contributed by atoms with Gasteiger partial charge in [-0.05, 0) is 24.0 Å². The van der Waals surface area contributed by atoms with Crippen molar-refractivity contribution in [2.45, 2.75) is 11.4 Å². The number of thioether (sulfide) groups is 1. The fraction of sp³-hybridized carbons (Fsp3) is 0.200. The van der Waals surface area contributed by atoms with E-state index in [0.717, 1.165) is 10.5 Å². The van der Waals surface area contributed by atoms with Gasteiger partial charge < -0.3 is 11.1 Å². The lowest BCUT2D eigenvalue weighted by molar-refractivity contribution is -0.137. The number of benzene rings is 1. The van der Waals surface area contributed by atoms with Crippen molar-refractivity contribution in [3.63, 3.8) is 0 Å². The Hall–Kier alpha value is -1.49. The van der Waals surface area contributed by atoms with Crippen LogP contribution in [0.5, 0.6) is 0 Å². The number of primary amides is 1. The lowest BCUT2D eigenvalue weighted by atomic mass is 10.2. The molecule has 1 rings (SSSR count). The summed E-state index contributed by atoms with van der Waals surface area (Å²) in [6.07, 6.45) is 1.99. The van der Waals surface area contributed by atoms with Gasteiger partial charge in [0.1, 0.15) is 0 Å². The van der Waals surface area contributed by atoms with E-state index in [2.05, 4.69) is 5.32 Å². The topological polar surface area (TPSA) is 72.2 Å². The third kappa shape index (κ3) is 3.63. The van der Waals surface area contributed by atoms with Gasteiger partial charge in [0.05, 0.1) is 0 Å². The highest BCUT2D eigenvalue weighted by atomic mass is 32.2. The standard InChI is InChI=1S/C10H12N2O2S/c1-15-8-4-2-7(3-5-8)6-12-10(14)9(11)13/h2-5H,6H2,1H3,(H2,11,13)(H,12,14). The molecule has 0 fully saturated rings. The molecule has 0 aromatic heterocycles. The van der Waals surface area contributed by atoms with Crippen molar-refractivity contribution < 1.29 is 9.59 Å². The third-order valence-corrected chi connectivity index (χ3v) is 2.58. The van der Waals surface area contributed by atoms with Gasteiger partial charge in [0.15, 0.2) is 0 Å². The molecule has 0 saturated carbocycles. The fourth-order valence-corrected chi connectivity index (χ4v) is 1.42. The zero-order valence-corrected chi connectivity index (χ0v) is 9.14. The quantitative estimate of drug-likeness (QED) is 0.580. The zero-order chi connectivity index (χ0) is 11.3. The molecule has 15 heavy (non-hydrogen) atoms. The molecule has 5 heteroatoms. The van der Waals surface area contributed by atoms with Crippen molar-refractivity contribution in [3.05, 3.63) is 29.8 Å². The highest BCUT2D eigenvalue weighted by molar-refractivity contribution is 7.98. The first-order chi connectivity index (χ1) is 7.13. The Morgan fingerprint density at radius 3 is 2.40 bits per heavy atom. The summed E-state index contributed by atoms with van der Waals surface area (Å²) in [5.74, 6) is -1.72. The van der Waals surface area contributed by atoms with E-state index in [9.17, 15) is 9.59 Å². The number of nitrogens with two attached hydrogens (primary N) is 1. The number of hydrogen-bond acceptors (Lipinski definition) is 3.